The quantitative estimate of drug-likeness (QED) is 0.723. The maximum atomic E-state index is 3.41. The summed E-state index contributed by atoms with van der Waals surface area (Å²) in [5.41, 5.74) is 1.37. The van der Waals surface area contributed by atoms with E-state index in [4.69, 9.17) is 0 Å². The van der Waals surface area contributed by atoms with Gasteiger partial charge in [-0.25, -0.2) is 0 Å². The first kappa shape index (κ1) is 12.5. The summed E-state index contributed by atoms with van der Waals surface area (Å²) in [6.45, 7) is 14.7. The zero-order valence-corrected chi connectivity index (χ0v) is 12.8. The van der Waals surface area contributed by atoms with Crippen LogP contribution in [0.25, 0.3) is 0 Å². The summed E-state index contributed by atoms with van der Waals surface area (Å²) in [5, 5.41) is 3.41. The van der Waals surface area contributed by atoms with Gasteiger partial charge in [-0.1, -0.05) is 50.2 Å². The van der Waals surface area contributed by atoms with E-state index in [-0.39, 0.29) is 0 Å². The van der Waals surface area contributed by atoms with Gasteiger partial charge in [-0.3, -0.25) is 0 Å². The van der Waals surface area contributed by atoms with Crippen LogP contribution in [0.15, 0.2) is 34.9 Å². The Morgan fingerprint density at radius 2 is 1.47 bits per heavy atom. The van der Waals surface area contributed by atoms with Crippen molar-refractivity contribution >= 4 is 16.1 Å². The van der Waals surface area contributed by atoms with Gasteiger partial charge in [-0.2, -0.15) is 0 Å². The molecule has 0 aromatic heterocycles. The second kappa shape index (κ2) is 4.14. The Bertz CT molecular complexity index is 309. The molecule has 0 atom stereocenters. The topological polar surface area (TPSA) is 12.0 Å². The van der Waals surface area contributed by atoms with Crippen molar-refractivity contribution in [1.82, 2.24) is 5.32 Å². The number of dihydropyridines is 1. The van der Waals surface area contributed by atoms with Crippen LogP contribution >= 0.6 is 0 Å². The minimum atomic E-state index is -1.22. The van der Waals surface area contributed by atoms with E-state index in [0.717, 1.165) is 0 Å². The minimum absolute atomic E-state index is 1.22. The first-order chi connectivity index (χ1) is 6.73. The van der Waals surface area contributed by atoms with E-state index in [1.807, 2.05) is 6.20 Å². The van der Waals surface area contributed by atoms with E-state index >= 15 is 0 Å². The van der Waals surface area contributed by atoms with Gasteiger partial charge in [0.1, 0.15) is 0 Å². The second-order valence-electron chi connectivity index (χ2n) is 6.15. The van der Waals surface area contributed by atoms with Crippen LogP contribution < -0.4 is 5.32 Å². The van der Waals surface area contributed by atoms with E-state index < -0.39 is 16.1 Å². The molecule has 0 amide bonds. The van der Waals surface area contributed by atoms with Gasteiger partial charge in [-0.15, -0.1) is 0 Å². The molecule has 0 bridgehead atoms. The second-order valence-corrected chi connectivity index (χ2v) is 16.7. The highest BCUT2D eigenvalue weighted by Gasteiger charge is 2.33. The summed E-state index contributed by atoms with van der Waals surface area (Å²) in [5.74, 6) is 0. The molecule has 1 aliphatic rings. The highest BCUT2D eigenvalue weighted by molar-refractivity contribution is 7.04. The highest BCUT2D eigenvalue weighted by Crippen LogP contribution is 2.28. The van der Waals surface area contributed by atoms with Gasteiger partial charge >= 0.3 is 0 Å². The first-order valence-electron chi connectivity index (χ1n) is 5.58. The van der Waals surface area contributed by atoms with Crippen molar-refractivity contribution in [2.24, 2.45) is 0 Å². The van der Waals surface area contributed by atoms with Gasteiger partial charge in [0.2, 0.25) is 0 Å². The Hall–Kier alpha value is -0.546. The Morgan fingerprint density at radius 1 is 0.933 bits per heavy atom. The largest absolute Gasteiger partial charge is 0.362 e. The normalized spacial score (nSPS) is 16.5. The highest BCUT2D eigenvalue weighted by atomic mass is 28.4. The molecule has 0 aromatic carbocycles. The van der Waals surface area contributed by atoms with Gasteiger partial charge in [0.05, 0.1) is 16.1 Å². The van der Waals surface area contributed by atoms with Crippen LogP contribution in [0, 0.1) is 0 Å². The molecule has 0 saturated heterocycles. The summed E-state index contributed by atoms with van der Waals surface area (Å²) >= 11 is 0. The molecule has 0 radical (unpaired) electrons. The van der Waals surface area contributed by atoms with Crippen molar-refractivity contribution in [2.75, 3.05) is 0 Å². The predicted octanol–water partition coefficient (Wildman–Crippen LogP) is 3.67. The summed E-state index contributed by atoms with van der Waals surface area (Å²) < 4.78 is 0. The standard InChI is InChI=1S/C12H23NSi2/c1-14(2,3)12(15(4,5)6)11-9-7-8-10-13-11/h7-10,13H,1-6H3. The van der Waals surface area contributed by atoms with Crippen molar-refractivity contribution < 1.29 is 0 Å². The maximum absolute atomic E-state index is 3.41. The lowest BCUT2D eigenvalue weighted by atomic mass is 10.3. The molecule has 3 heteroatoms. The minimum Gasteiger partial charge on any atom is -0.362 e. The molecule has 84 valence electrons. The zero-order valence-electron chi connectivity index (χ0n) is 10.8. The fourth-order valence-corrected chi connectivity index (χ4v) is 13.4. The molecule has 1 rings (SSSR count). The lowest BCUT2D eigenvalue weighted by Crippen LogP contribution is -2.42. The van der Waals surface area contributed by atoms with Crippen molar-refractivity contribution in [3.05, 3.63) is 34.9 Å². The van der Waals surface area contributed by atoms with Gasteiger partial charge in [0.15, 0.2) is 0 Å². The van der Waals surface area contributed by atoms with E-state index in [2.05, 4.69) is 62.8 Å². The molecular weight excluding hydrogens is 214 g/mol. The van der Waals surface area contributed by atoms with Gasteiger partial charge in [0.25, 0.3) is 0 Å². The average molecular weight is 237 g/mol. The molecule has 15 heavy (non-hydrogen) atoms. The Labute approximate surface area is 96.0 Å². The number of hydrogen-bond acceptors (Lipinski definition) is 1. The smallest absolute Gasteiger partial charge is 0.0708 e. The van der Waals surface area contributed by atoms with Crippen LogP contribution in [0.1, 0.15) is 0 Å². The fraction of sp³-hybridized carbons (Fsp3) is 0.500. The lowest BCUT2D eigenvalue weighted by molar-refractivity contribution is 1.09. The molecule has 1 aliphatic heterocycles. The molecule has 1 heterocycles. The van der Waals surface area contributed by atoms with Crippen LogP contribution in [-0.4, -0.2) is 16.1 Å². The van der Waals surface area contributed by atoms with Crippen molar-refractivity contribution in [3.63, 3.8) is 0 Å². The number of rotatable bonds is 2. The summed E-state index contributed by atoms with van der Waals surface area (Å²) in [7, 11) is -2.43. The summed E-state index contributed by atoms with van der Waals surface area (Å²) in [4.78, 5) is 1.75. The fourth-order valence-electron chi connectivity index (χ4n) is 2.48. The summed E-state index contributed by atoms with van der Waals surface area (Å²) in [6.07, 6.45) is 8.45. The lowest BCUT2D eigenvalue weighted by Gasteiger charge is -2.34. The number of hydrogen-bond donors (Lipinski definition) is 1. The van der Waals surface area contributed by atoms with E-state index in [1.54, 1.807) is 4.82 Å². The van der Waals surface area contributed by atoms with Crippen LogP contribution in [-0.2, 0) is 0 Å². The zero-order chi connectivity index (χ0) is 11.7. The SMILES string of the molecule is C[Si](C)(C)C(=C1C=CC=CN1)[Si](C)(C)C. The molecular formula is C12H23NSi2. The van der Waals surface area contributed by atoms with Crippen molar-refractivity contribution in [1.29, 1.82) is 0 Å². The molecule has 0 spiro atoms. The first-order valence-corrected chi connectivity index (χ1v) is 12.6. The summed E-state index contributed by atoms with van der Waals surface area (Å²) in [6, 6.07) is 0. The third-order valence-corrected chi connectivity index (χ3v) is 10.5. The monoisotopic (exact) mass is 237 g/mol. The molecule has 1 nitrogen and oxygen atoms in total. The number of allylic oxidation sites excluding steroid dienone is 3. The third-order valence-electron chi connectivity index (χ3n) is 2.48. The average Bonchev–Trinajstić information content (AvgIpc) is 2.00. The predicted molar refractivity (Wildman–Crippen MR) is 75.1 cm³/mol. The van der Waals surface area contributed by atoms with Crippen molar-refractivity contribution in [2.45, 2.75) is 39.3 Å². The molecule has 0 fully saturated rings. The van der Waals surface area contributed by atoms with E-state index in [0.29, 0.717) is 0 Å². The van der Waals surface area contributed by atoms with Crippen LogP contribution in [0.2, 0.25) is 39.3 Å². The van der Waals surface area contributed by atoms with Crippen LogP contribution in [0.5, 0.6) is 0 Å². The molecule has 0 aliphatic carbocycles. The Morgan fingerprint density at radius 3 is 1.80 bits per heavy atom. The van der Waals surface area contributed by atoms with Crippen LogP contribution in [0.3, 0.4) is 0 Å². The Kier molecular flexibility index (Phi) is 3.46. The van der Waals surface area contributed by atoms with Gasteiger partial charge < -0.3 is 5.32 Å². The molecule has 0 aromatic rings. The van der Waals surface area contributed by atoms with Crippen molar-refractivity contribution in [3.8, 4) is 0 Å². The van der Waals surface area contributed by atoms with Gasteiger partial charge in [0, 0.05) is 11.9 Å². The van der Waals surface area contributed by atoms with E-state index in [9.17, 15) is 0 Å². The van der Waals surface area contributed by atoms with Gasteiger partial charge in [-0.05, 0) is 12.2 Å². The Balaban J connectivity index is 3.23. The molecule has 0 unspecified atom stereocenters. The molecule has 0 saturated carbocycles. The third kappa shape index (κ3) is 3.21. The van der Waals surface area contributed by atoms with E-state index in [1.165, 1.54) is 5.70 Å². The maximum Gasteiger partial charge on any atom is 0.0708 e. The molecule has 1 N–H and O–H groups in total. The number of nitrogens with one attached hydrogen (secondary N) is 1. The van der Waals surface area contributed by atoms with Crippen LogP contribution in [0.4, 0.5) is 0 Å².